The normalized spacial score (nSPS) is 35.6. The standard InChI is InChI=1S/C21H30N2O4S2/c1-14(21-11-15-8-16(12-21)10-17(9-15)13-21)22-20(24)19-18(2-7-28-19)29(25,26)23-3-5-27-6-4-23/h2,7,14-17H,3-6,8-13H2,1H3,(H,22,24)/t14-,15?,16?,17?,21?/m0/s1. The van der Waals surface area contributed by atoms with Crippen molar-refractivity contribution < 1.29 is 17.9 Å². The van der Waals surface area contributed by atoms with Crippen LogP contribution in [0.4, 0.5) is 0 Å². The van der Waals surface area contributed by atoms with Gasteiger partial charge in [0, 0.05) is 19.1 Å². The van der Waals surface area contributed by atoms with Crippen molar-refractivity contribution in [2.24, 2.45) is 23.2 Å². The quantitative estimate of drug-likeness (QED) is 0.766. The number of rotatable bonds is 5. The van der Waals surface area contributed by atoms with Gasteiger partial charge < -0.3 is 10.1 Å². The van der Waals surface area contributed by atoms with Gasteiger partial charge in [-0.25, -0.2) is 8.42 Å². The fraction of sp³-hybridized carbons (Fsp3) is 0.762. The van der Waals surface area contributed by atoms with Crippen LogP contribution in [0.5, 0.6) is 0 Å². The van der Waals surface area contributed by atoms with Gasteiger partial charge in [-0.2, -0.15) is 4.31 Å². The van der Waals surface area contributed by atoms with Crippen LogP contribution in [0.15, 0.2) is 16.3 Å². The molecular weight excluding hydrogens is 408 g/mol. The zero-order valence-electron chi connectivity index (χ0n) is 16.9. The van der Waals surface area contributed by atoms with E-state index in [4.69, 9.17) is 4.74 Å². The average molecular weight is 439 g/mol. The summed E-state index contributed by atoms with van der Waals surface area (Å²) in [6, 6.07) is 1.64. The minimum Gasteiger partial charge on any atom is -0.379 e. The van der Waals surface area contributed by atoms with Gasteiger partial charge in [0.25, 0.3) is 5.91 Å². The van der Waals surface area contributed by atoms with E-state index in [0.717, 1.165) is 17.8 Å². The van der Waals surface area contributed by atoms with Gasteiger partial charge in [-0.3, -0.25) is 4.79 Å². The van der Waals surface area contributed by atoms with Crippen molar-refractivity contribution in [3.8, 4) is 0 Å². The first kappa shape index (κ1) is 20.0. The third kappa shape index (κ3) is 3.46. The van der Waals surface area contributed by atoms with E-state index in [1.807, 2.05) is 0 Å². The van der Waals surface area contributed by atoms with Crippen LogP contribution in [-0.4, -0.2) is 51.0 Å². The smallest absolute Gasteiger partial charge is 0.262 e. The minimum atomic E-state index is -3.67. The first-order valence-electron chi connectivity index (χ1n) is 10.8. The van der Waals surface area contributed by atoms with Crippen LogP contribution in [-0.2, 0) is 14.8 Å². The molecule has 5 fully saturated rings. The van der Waals surface area contributed by atoms with Crippen molar-refractivity contribution >= 4 is 27.3 Å². The summed E-state index contributed by atoms with van der Waals surface area (Å²) in [4.78, 5) is 13.6. The number of morpholine rings is 1. The zero-order chi connectivity index (χ0) is 20.2. The second kappa shape index (κ2) is 7.32. The van der Waals surface area contributed by atoms with Gasteiger partial charge in [0.15, 0.2) is 0 Å². The van der Waals surface area contributed by atoms with Crippen molar-refractivity contribution in [3.63, 3.8) is 0 Å². The molecule has 0 spiro atoms. The summed E-state index contributed by atoms with van der Waals surface area (Å²) < 4.78 is 32.9. The highest BCUT2D eigenvalue weighted by molar-refractivity contribution is 7.89. The fourth-order valence-corrected chi connectivity index (χ4v) is 9.43. The highest BCUT2D eigenvalue weighted by Gasteiger charge is 2.53. The second-order valence-electron chi connectivity index (χ2n) is 9.61. The fourth-order valence-electron chi connectivity index (χ4n) is 6.72. The molecule has 4 saturated carbocycles. The van der Waals surface area contributed by atoms with Gasteiger partial charge in [-0.05, 0) is 80.1 Å². The molecule has 1 amide bonds. The molecular formula is C21H30N2O4S2. The molecule has 6 nitrogen and oxygen atoms in total. The highest BCUT2D eigenvalue weighted by Crippen LogP contribution is 2.61. The van der Waals surface area contributed by atoms with Crippen molar-refractivity contribution in [2.75, 3.05) is 26.3 Å². The van der Waals surface area contributed by atoms with Crippen molar-refractivity contribution in [2.45, 2.75) is 56.4 Å². The Kier molecular flexibility index (Phi) is 5.04. The molecule has 8 heteroatoms. The summed E-state index contributed by atoms with van der Waals surface area (Å²) in [7, 11) is -3.67. The molecule has 2 heterocycles. The lowest BCUT2D eigenvalue weighted by Gasteiger charge is -2.59. The van der Waals surface area contributed by atoms with Gasteiger partial charge in [0.1, 0.15) is 9.77 Å². The van der Waals surface area contributed by atoms with Crippen molar-refractivity contribution in [1.29, 1.82) is 0 Å². The monoisotopic (exact) mass is 438 g/mol. The summed E-state index contributed by atoms with van der Waals surface area (Å²) in [5.41, 5.74) is 0.199. The molecule has 160 valence electrons. The molecule has 0 unspecified atom stereocenters. The number of amides is 1. The number of hydrogen-bond donors (Lipinski definition) is 1. The molecule has 1 N–H and O–H groups in total. The van der Waals surface area contributed by atoms with Gasteiger partial charge in [-0.1, -0.05) is 0 Å². The molecule has 1 aliphatic heterocycles. The van der Waals surface area contributed by atoms with Crippen molar-refractivity contribution in [1.82, 2.24) is 9.62 Å². The van der Waals surface area contributed by atoms with Crippen LogP contribution in [0, 0.1) is 23.2 Å². The van der Waals surface area contributed by atoms with Crippen LogP contribution >= 0.6 is 11.3 Å². The number of ether oxygens (including phenoxy) is 1. The Bertz CT molecular complexity index is 853. The second-order valence-corrected chi connectivity index (χ2v) is 12.4. The Hall–Kier alpha value is -0.960. The largest absolute Gasteiger partial charge is 0.379 e. The molecule has 29 heavy (non-hydrogen) atoms. The molecule has 1 aromatic rings. The predicted octanol–water partition coefficient (Wildman–Crippen LogP) is 3.10. The SMILES string of the molecule is C[C@H](NC(=O)c1sccc1S(=O)(=O)N1CCOCC1)C12CC3CC(CC(C3)C1)C2. The lowest BCUT2D eigenvalue weighted by atomic mass is 9.48. The molecule has 0 aromatic carbocycles. The van der Waals surface area contributed by atoms with Gasteiger partial charge in [0.05, 0.1) is 13.2 Å². The summed E-state index contributed by atoms with van der Waals surface area (Å²) in [6.07, 6.45) is 7.74. The lowest BCUT2D eigenvalue weighted by Crippen LogP contribution is -2.55. The Balaban J connectivity index is 1.34. The number of nitrogens with one attached hydrogen (secondary N) is 1. The van der Waals surface area contributed by atoms with Gasteiger partial charge in [0.2, 0.25) is 10.0 Å². The van der Waals surface area contributed by atoms with Crippen LogP contribution in [0.2, 0.25) is 0 Å². The van der Waals surface area contributed by atoms with E-state index in [0.29, 0.717) is 31.2 Å². The molecule has 6 rings (SSSR count). The van der Waals surface area contributed by atoms with E-state index < -0.39 is 10.0 Å². The van der Waals surface area contributed by atoms with Crippen LogP contribution in [0.1, 0.15) is 55.1 Å². The molecule has 4 bridgehead atoms. The Morgan fingerprint density at radius 2 is 1.76 bits per heavy atom. The van der Waals surface area contributed by atoms with E-state index in [1.54, 1.807) is 11.4 Å². The van der Waals surface area contributed by atoms with Crippen LogP contribution in [0.3, 0.4) is 0 Å². The highest BCUT2D eigenvalue weighted by atomic mass is 32.2. The molecule has 4 aliphatic carbocycles. The number of nitrogens with zero attached hydrogens (tertiary/aromatic N) is 1. The zero-order valence-corrected chi connectivity index (χ0v) is 18.6. The maximum Gasteiger partial charge on any atom is 0.262 e. The molecule has 5 aliphatic rings. The third-order valence-corrected chi connectivity index (χ3v) is 10.8. The van der Waals surface area contributed by atoms with E-state index in [-0.39, 0.29) is 22.3 Å². The lowest BCUT2D eigenvalue weighted by molar-refractivity contribution is -0.0687. The van der Waals surface area contributed by atoms with E-state index in [1.165, 1.54) is 54.2 Å². The summed E-state index contributed by atoms with van der Waals surface area (Å²) in [6.45, 7) is 3.60. The maximum atomic E-state index is 13.2. The molecule has 1 atom stereocenters. The summed E-state index contributed by atoms with van der Waals surface area (Å²) in [5, 5.41) is 4.92. The van der Waals surface area contributed by atoms with Crippen LogP contribution < -0.4 is 5.32 Å². The van der Waals surface area contributed by atoms with E-state index in [2.05, 4.69) is 12.2 Å². The maximum absolute atomic E-state index is 13.2. The summed E-state index contributed by atoms with van der Waals surface area (Å²) >= 11 is 1.22. The Morgan fingerprint density at radius 1 is 1.17 bits per heavy atom. The number of sulfonamides is 1. The molecule has 0 radical (unpaired) electrons. The number of carbonyl (C=O) groups excluding carboxylic acids is 1. The Morgan fingerprint density at radius 3 is 2.34 bits per heavy atom. The van der Waals surface area contributed by atoms with Gasteiger partial charge in [-0.15, -0.1) is 11.3 Å². The van der Waals surface area contributed by atoms with Crippen LogP contribution in [0.25, 0.3) is 0 Å². The third-order valence-electron chi connectivity index (χ3n) is 7.77. The van der Waals surface area contributed by atoms with E-state index in [9.17, 15) is 13.2 Å². The molecule has 1 saturated heterocycles. The first-order valence-corrected chi connectivity index (χ1v) is 13.2. The Labute approximate surface area is 177 Å². The summed E-state index contributed by atoms with van der Waals surface area (Å²) in [5.74, 6) is 2.22. The number of carbonyl (C=O) groups is 1. The topological polar surface area (TPSA) is 75.7 Å². The number of thiophene rings is 1. The van der Waals surface area contributed by atoms with Gasteiger partial charge >= 0.3 is 0 Å². The number of hydrogen-bond acceptors (Lipinski definition) is 5. The average Bonchev–Trinajstić information content (AvgIpc) is 3.18. The van der Waals surface area contributed by atoms with E-state index >= 15 is 0 Å². The van der Waals surface area contributed by atoms with Crippen molar-refractivity contribution in [3.05, 3.63) is 16.3 Å². The predicted molar refractivity (Wildman–Crippen MR) is 111 cm³/mol. The first-order chi connectivity index (χ1) is 13.9. The minimum absolute atomic E-state index is 0.0736. The molecule has 1 aromatic heterocycles.